The Morgan fingerprint density at radius 2 is 1.86 bits per heavy atom. The number of anilines is 1. The molecule has 0 bridgehead atoms. The lowest BCUT2D eigenvalue weighted by Gasteiger charge is -2.22. The number of rotatable bonds is 6. The van der Waals surface area contributed by atoms with Crippen LogP contribution in [-0.2, 0) is 4.74 Å². The normalized spacial score (nSPS) is 11.0. The van der Waals surface area contributed by atoms with Crippen LogP contribution >= 0.6 is 0 Å². The third-order valence-electron chi connectivity index (χ3n) is 3.48. The lowest BCUT2D eigenvalue weighted by molar-refractivity contribution is 0.0846. The van der Waals surface area contributed by atoms with E-state index in [-0.39, 0.29) is 11.9 Å². The number of nitrogens with one attached hydrogen (secondary N) is 1. The van der Waals surface area contributed by atoms with E-state index in [9.17, 15) is 0 Å². The van der Waals surface area contributed by atoms with Gasteiger partial charge >= 0.3 is 0 Å². The van der Waals surface area contributed by atoms with Crippen LogP contribution in [0.2, 0.25) is 0 Å². The van der Waals surface area contributed by atoms with Gasteiger partial charge in [-0.25, -0.2) is 0 Å². The van der Waals surface area contributed by atoms with Gasteiger partial charge in [0.15, 0.2) is 0 Å². The SMILES string of the molecule is CC(C)OCCN(C)c1ccc(C(=N)N)c2ccccc12. The van der Waals surface area contributed by atoms with E-state index in [1.54, 1.807) is 0 Å². The van der Waals surface area contributed by atoms with E-state index in [0.29, 0.717) is 6.61 Å². The number of fused-ring (bicyclic) bond motifs is 1. The molecule has 0 amide bonds. The van der Waals surface area contributed by atoms with E-state index in [4.69, 9.17) is 15.9 Å². The maximum absolute atomic E-state index is 7.70. The third kappa shape index (κ3) is 3.52. The smallest absolute Gasteiger partial charge is 0.123 e. The second-order valence-electron chi connectivity index (χ2n) is 5.43. The Kier molecular flexibility index (Phi) is 4.81. The molecule has 3 N–H and O–H groups in total. The summed E-state index contributed by atoms with van der Waals surface area (Å²) in [6, 6.07) is 12.0. The van der Waals surface area contributed by atoms with Crippen LogP contribution in [0, 0.1) is 5.41 Å². The van der Waals surface area contributed by atoms with Crippen molar-refractivity contribution < 1.29 is 4.74 Å². The summed E-state index contributed by atoms with van der Waals surface area (Å²) in [7, 11) is 2.05. The molecule has 2 aromatic carbocycles. The lowest BCUT2D eigenvalue weighted by atomic mass is 10.0. The Hall–Kier alpha value is -2.07. The summed E-state index contributed by atoms with van der Waals surface area (Å²) in [4.78, 5) is 2.18. The molecule has 0 saturated heterocycles. The predicted molar refractivity (Wildman–Crippen MR) is 89.3 cm³/mol. The molecule has 4 heteroatoms. The maximum atomic E-state index is 7.70. The second-order valence-corrected chi connectivity index (χ2v) is 5.43. The number of likely N-dealkylation sites (N-methyl/N-ethyl adjacent to an activating group) is 1. The highest BCUT2D eigenvalue weighted by molar-refractivity contribution is 6.10. The van der Waals surface area contributed by atoms with Crippen LogP contribution in [0.3, 0.4) is 0 Å². The number of amidine groups is 1. The fourth-order valence-electron chi connectivity index (χ4n) is 2.40. The van der Waals surface area contributed by atoms with Crippen LogP contribution < -0.4 is 10.6 Å². The topological polar surface area (TPSA) is 62.3 Å². The zero-order chi connectivity index (χ0) is 15.4. The minimum atomic E-state index is 0.101. The number of hydrogen-bond donors (Lipinski definition) is 2. The summed E-state index contributed by atoms with van der Waals surface area (Å²) >= 11 is 0. The Balaban J connectivity index is 2.32. The minimum Gasteiger partial charge on any atom is -0.384 e. The molecule has 112 valence electrons. The second kappa shape index (κ2) is 6.59. The first-order valence-electron chi connectivity index (χ1n) is 7.19. The molecular weight excluding hydrogens is 262 g/mol. The molecule has 0 heterocycles. The number of hydrogen-bond acceptors (Lipinski definition) is 3. The minimum absolute atomic E-state index is 0.101. The highest BCUT2D eigenvalue weighted by atomic mass is 16.5. The largest absolute Gasteiger partial charge is 0.384 e. The zero-order valence-electron chi connectivity index (χ0n) is 12.9. The Morgan fingerprint density at radius 1 is 1.19 bits per heavy atom. The van der Waals surface area contributed by atoms with Gasteiger partial charge in [-0.2, -0.15) is 0 Å². The van der Waals surface area contributed by atoms with Gasteiger partial charge in [0.05, 0.1) is 12.7 Å². The van der Waals surface area contributed by atoms with Crippen molar-refractivity contribution in [3.8, 4) is 0 Å². The number of benzene rings is 2. The van der Waals surface area contributed by atoms with Crippen LogP contribution in [-0.4, -0.2) is 32.1 Å². The van der Waals surface area contributed by atoms with Gasteiger partial charge in [0, 0.05) is 30.2 Å². The van der Waals surface area contributed by atoms with Crippen LogP contribution in [0.1, 0.15) is 19.4 Å². The molecule has 4 nitrogen and oxygen atoms in total. The monoisotopic (exact) mass is 285 g/mol. The number of nitrogen functional groups attached to an aromatic ring is 1. The summed E-state index contributed by atoms with van der Waals surface area (Å²) in [5.41, 5.74) is 7.58. The standard InChI is InChI=1S/C17H23N3O/c1-12(2)21-11-10-20(3)16-9-8-15(17(18)19)13-6-4-5-7-14(13)16/h4-9,12H,10-11H2,1-3H3,(H3,18,19). The van der Waals surface area contributed by atoms with Crippen LogP contribution in [0.5, 0.6) is 0 Å². The summed E-state index contributed by atoms with van der Waals surface area (Å²) < 4.78 is 5.61. The molecule has 2 aromatic rings. The molecule has 0 saturated carbocycles. The summed E-state index contributed by atoms with van der Waals surface area (Å²) in [6.45, 7) is 5.59. The first-order chi connectivity index (χ1) is 10.0. The van der Waals surface area contributed by atoms with Crippen molar-refractivity contribution in [1.29, 1.82) is 5.41 Å². The lowest BCUT2D eigenvalue weighted by Crippen LogP contribution is -2.24. The van der Waals surface area contributed by atoms with Gasteiger partial charge in [-0.05, 0) is 31.4 Å². The average Bonchev–Trinajstić information content (AvgIpc) is 2.45. The van der Waals surface area contributed by atoms with Crippen molar-refractivity contribution in [2.75, 3.05) is 25.1 Å². The van der Waals surface area contributed by atoms with Gasteiger partial charge in [-0.3, -0.25) is 5.41 Å². The van der Waals surface area contributed by atoms with E-state index in [0.717, 1.165) is 28.6 Å². The predicted octanol–water partition coefficient (Wildman–Crippen LogP) is 2.99. The third-order valence-corrected chi connectivity index (χ3v) is 3.48. The Labute approximate surface area is 126 Å². The van der Waals surface area contributed by atoms with Crippen LogP contribution in [0.4, 0.5) is 5.69 Å². The molecular formula is C17H23N3O. The number of nitrogens with zero attached hydrogens (tertiary/aromatic N) is 1. The van der Waals surface area contributed by atoms with Crippen molar-refractivity contribution in [3.63, 3.8) is 0 Å². The van der Waals surface area contributed by atoms with Gasteiger partial charge in [0.1, 0.15) is 5.84 Å². The van der Waals surface area contributed by atoms with E-state index < -0.39 is 0 Å². The van der Waals surface area contributed by atoms with E-state index in [2.05, 4.69) is 18.0 Å². The molecule has 0 aliphatic rings. The van der Waals surface area contributed by atoms with Gasteiger partial charge in [-0.1, -0.05) is 24.3 Å². The summed E-state index contributed by atoms with van der Waals surface area (Å²) in [5, 5.41) is 9.82. The van der Waals surface area contributed by atoms with Crippen molar-refractivity contribution in [1.82, 2.24) is 0 Å². The summed E-state index contributed by atoms with van der Waals surface area (Å²) in [6.07, 6.45) is 0.246. The quantitative estimate of drug-likeness (QED) is 0.633. The van der Waals surface area contributed by atoms with Gasteiger partial charge in [0.2, 0.25) is 0 Å². The van der Waals surface area contributed by atoms with E-state index >= 15 is 0 Å². The van der Waals surface area contributed by atoms with Crippen LogP contribution in [0.25, 0.3) is 10.8 Å². The van der Waals surface area contributed by atoms with Crippen molar-refractivity contribution in [3.05, 3.63) is 42.0 Å². The van der Waals surface area contributed by atoms with Gasteiger partial charge < -0.3 is 15.4 Å². The number of nitrogens with two attached hydrogens (primary N) is 1. The summed E-state index contributed by atoms with van der Waals surface area (Å²) in [5.74, 6) is 0.101. The first-order valence-corrected chi connectivity index (χ1v) is 7.19. The molecule has 0 unspecified atom stereocenters. The molecule has 0 aliphatic carbocycles. The van der Waals surface area contributed by atoms with Crippen molar-refractivity contribution >= 4 is 22.3 Å². The first kappa shape index (κ1) is 15.3. The molecule has 0 aromatic heterocycles. The van der Waals surface area contributed by atoms with Crippen LogP contribution in [0.15, 0.2) is 36.4 Å². The molecule has 0 fully saturated rings. The highest BCUT2D eigenvalue weighted by Crippen LogP contribution is 2.28. The number of ether oxygens (including phenoxy) is 1. The Bertz CT molecular complexity index is 637. The van der Waals surface area contributed by atoms with Gasteiger partial charge in [0.25, 0.3) is 0 Å². The average molecular weight is 285 g/mol. The molecule has 0 radical (unpaired) electrons. The molecule has 21 heavy (non-hydrogen) atoms. The van der Waals surface area contributed by atoms with E-state index in [1.807, 2.05) is 44.2 Å². The highest BCUT2D eigenvalue weighted by Gasteiger charge is 2.10. The maximum Gasteiger partial charge on any atom is 0.123 e. The fraction of sp³-hybridized carbons (Fsp3) is 0.353. The van der Waals surface area contributed by atoms with Gasteiger partial charge in [-0.15, -0.1) is 0 Å². The zero-order valence-corrected chi connectivity index (χ0v) is 12.9. The molecule has 0 aliphatic heterocycles. The van der Waals surface area contributed by atoms with Crippen molar-refractivity contribution in [2.24, 2.45) is 5.73 Å². The Morgan fingerprint density at radius 3 is 2.48 bits per heavy atom. The fourth-order valence-corrected chi connectivity index (χ4v) is 2.40. The molecule has 0 spiro atoms. The van der Waals surface area contributed by atoms with Crippen molar-refractivity contribution in [2.45, 2.75) is 20.0 Å². The molecule has 2 rings (SSSR count). The van der Waals surface area contributed by atoms with E-state index in [1.165, 1.54) is 0 Å². The molecule has 0 atom stereocenters.